The van der Waals surface area contributed by atoms with Gasteiger partial charge >= 0.3 is 0 Å². The molecule has 0 radical (unpaired) electrons. The number of β-amino-alcohol motifs (C(OH)–C–C–N with tert-alkyl or cyclic N) is 1. The first kappa shape index (κ1) is 19.8. The van der Waals surface area contributed by atoms with E-state index < -0.39 is 5.66 Å². The van der Waals surface area contributed by atoms with Crippen molar-refractivity contribution in [3.63, 3.8) is 0 Å². The fourth-order valence-corrected chi connectivity index (χ4v) is 5.08. The van der Waals surface area contributed by atoms with Gasteiger partial charge in [0, 0.05) is 51.0 Å². The zero-order chi connectivity index (χ0) is 21.6. The average molecular weight is 423 g/mol. The molecule has 3 aliphatic rings. The Morgan fingerprint density at radius 1 is 1.16 bits per heavy atom. The molecular weight excluding hydrogens is 398 g/mol. The molecule has 0 bridgehead atoms. The maximum absolute atomic E-state index is 13.2. The molecule has 2 aliphatic heterocycles. The molecule has 0 atom stereocenters. The number of ketones is 1. The number of nitrogens with one attached hydrogen (secondary N) is 1. The predicted octanol–water partition coefficient (Wildman–Crippen LogP) is 2.29. The third-order valence-electron chi connectivity index (χ3n) is 6.67. The summed E-state index contributed by atoms with van der Waals surface area (Å²) in [5.74, 6) is 0.263. The first-order valence-electron chi connectivity index (χ1n) is 10.8. The normalized spacial score (nSPS) is 19.8. The van der Waals surface area contributed by atoms with Crippen molar-refractivity contribution < 1.29 is 23.9 Å². The molecule has 5 rings (SSSR count). The van der Waals surface area contributed by atoms with Crippen molar-refractivity contribution in [2.75, 3.05) is 31.6 Å². The summed E-state index contributed by atoms with van der Waals surface area (Å²) in [6.45, 7) is 0.940. The molecule has 1 saturated heterocycles. The second-order valence-electron chi connectivity index (χ2n) is 8.40. The SMILES string of the molecule is O=C1CCCc2occ(C(=O)N3CCC4(CC3)Nc3ccccc3C(=O)N4CCO)c21. The third kappa shape index (κ3) is 3.13. The van der Waals surface area contributed by atoms with Gasteiger partial charge in [-0.15, -0.1) is 0 Å². The standard InChI is InChI=1S/C23H25N3O5/c27-13-12-26-22(30)15-4-1-2-5-17(15)24-23(26)8-10-25(11-9-23)21(29)16-14-31-19-7-3-6-18(28)20(16)19/h1-2,4-5,14,24,27H,3,6-13H2. The highest BCUT2D eigenvalue weighted by Gasteiger charge is 2.47. The second-order valence-corrected chi connectivity index (χ2v) is 8.40. The smallest absolute Gasteiger partial charge is 0.257 e. The van der Waals surface area contributed by atoms with Crippen molar-refractivity contribution in [1.29, 1.82) is 0 Å². The number of para-hydroxylation sites is 1. The molecule has 1 fully saturated rings. The van der Waals surface area contributed by atoms with E-state index in [2.05, 4.69) is 5.32 Å². The first-order valence-corrected chi connectivity index (χ1v) is 10.8. The van der Waals surface area contributed by atoms with Crippen LogP contribution in [0.2, 0.25) is 0 Å². The zero-order valence-electron chi connectivity index (χ0n) is 17.2. The highest BCUT2D eigenvalue weighted by molar-refractivity contribution is 6.09. The van der Waals surface area contributed by atoms with Gasteiger partial charge in [0.1, 0.15) is 17.7 Å². The summed E-state index contributed by atoms with van der Waals surface area (Å²) in [4.78, 5) is 42.1. The number of fused-ring (bicyclic) bond motifs is 2. The van der Waals surface area contributed by atoms with Gasteiger partial charge in [-0.25, -0.2) is 0 Å². The van der Waals surface area contributed by atoms with Crippen LogP contribution >= 0.6 is 0 Å². The molecule has 2 N–H and O–H groups in total. The van der Waals surface area contributed by atoms with Crippen LogP contribution in [0.4, 0.5) is 5.69 Å². The fourth-order valence-electron chi connectivity index (χ4n) is 5.08. The molecule has 1 aliphatic carbocycles. The molecule has 162 valence electrons. The maximum atomic E-state index is 13.2. The van der Waals surface area contributed by atoms with Gasteiger partial charge in [-0.3, -0.25) is 14.4 Å². The molecule has 3 heterocycles. The number of aliphatic hydroxyl groups excluding tert-OH is 1. The first-order chi connectivity index (χ1) is 15.0. The van der Waals surface area contributed by atoms with E-state index in [-0.39, 0.29) is 30.7 Å². The Labute approximate surface area is 179 Å². The van der Waals surface area contributed by atoms with Crippen molar-refractivity contribution in [2.24, 2.45) is 0 Å². The lowest BCUT2D eigenvalue weighted by atomic mass is 9.89. The van der Waals surface area contributed by atoms with Crippen LogP contribution in [0.1, 0.15) is 62.5 Å². The second kappa shape index (κ2) is 7.53. The van der Waals surface area contributed by atoms with E-state index in [0.717, 1.165) is 12.1 Å². The van der Waals surface area contributed by atoms with E-state index in [1.54, 1.807) is 15.9 Å². The largest absolute Gasteiger partial charge is 0.468 e. The lowest BCUT2D eigenvalue weighted by Crippen LogP contribution is -2.65. The van der Waals surface area contributed by atoms with Crippen molar-refractivity contribution in [3.05, 3.63) is 53.0 Å². The highest BCUT2D eigenvalue weighted by atomic mass is 16.3. The number of aryl methyl sites for hydroxylation is 1. The van der Waals surface area contributed by atoms with Crippen molar-refractivity contribution in [1.82, 2.24) is 9.80 Å². The zero-order valence-corrected chi connectivity index (χ0v) is 17.2. The lowest BCUT2D eigenvalue weighted by Gasteiger charge is -2.52. The number of aliphatic hydroxyl groups is 1. The molecule has 1 spiro atoms. The number of amides is 2. The Bertz CT molecular complexity index is 1050. The quantitative estimate of drug-likeness (QED) is 0.785. The van der Waals surface area contributed by atoms with Crippen LogP contribution in [0, 0.1) is 0 Å². The number of rotatable bonds is 3. The number of likely N-dealkylation sites (tertiary alicyclic amines) is 1. The number of carbonyl (C=O) groups excluding carboxylic acids is 3. The van der Waals surface area contributed by atoms with Crippen LogP contribution in [-0.4, -0.2) is 64.4 Å². The summed E-state index contributed by atoms with van der Waals surface area (Å²) in [6.07, 6.45) is 4.33. The molecule has 8 heteroatoms. The van der Waals surface area contributed by atoms with Gasteiger partial charge in [-0.1, -0.05) is 12.1 Å². The Kier molecular flexibility index (Phi) is 4.81. The van der Waals surface area contributed by atoms with Crippen LogP contribution in [-0.2, 0) is 6.42 Å². The summed E-state index contributed by atoms with van der Waals surface area (Å²) in [5, 5.41) is 13.1. The van der Waals surface area contributed by atoms with Crippen molar-refractivity contribution in [3.8, 4) is 0 Å². The minimum absolute atomic E-state index is 0.0305. The minimum Gasteiger partial charge on any atom is -0.468 e. The molecule has 1 aromatic heterocycles. The summed E-state index contributed by atoms with van der Waals surface area (Å²) in [6, 6.07) is 7.36. The van der Waals surface area contributed by atoms with Crippen LogP contribution in [0.3, 0.4) is 0 Å². The number of hydrogen-bond acceptors (Lipinski definition) is 6. The van der Waals surface area contributed by atoms with Crippen molar-refractivity contribution >= 4 is 23.3 Å². The van der Waals surface area contributed by atoms with Crippen LogP contribution in [0.25, 0.3) is 0 Å². The monoisotopic (exact) mass is 423 g/mol. The summed E-state index contributed by atoms with van der Waals surface area (Å²) < 4.78 is 5.52. The number of carbonyl (C=O) groups is 3. The summed E-state index contributed by atoms with van der Waals surface area (Å²) in [5.41, 5.74) is 1.50. The highest BCUT2D eigenvalue weighted by Crippen LogP contribution is 2.38. The molecule has 2 amide bonds. The minimum atomic E-state index is -0.656. The number of piperidine rings is 1. The molecule has 0 saturated carbocycles. The maximum Gasteiger partial charge on any atom is 0.257 e. The average Bonchev–Trinajstić information content (AvgIpc) is 3.22. The number of hydrogen-bond donors (Lipinski definition) is 2. The predicted molar refractivity (Wildman–Crippen MR) is 112 cm³/mol. The number of furan rings is 1. The van der Waals surface area contributed by atoms with Gasteiger partial charge < -0.3 is 24.6 Å². The summed E-state index contributed by atoms with van der Waals surface area (Å²) >= 11 is 0. The Morgan fingerprint density at radius 3 is 2.71 bits per heavy atom. The lowest BCUT2D eigenvalue weighted by molar-refractivity contribution is 0.0202. The van der Waals surface area contributed by atoms with Crippen LogP contribution < -0.4 is 5.32 Å². The van der Waals surface area contributed by atoms with E-state index in [1.165, 1.54) is 6.26 Å². The van der Waals surface area contributed by atoms with Crippen molar-refractivity contribution in [2.45, 2.75) is 37.8 Å². The van der Waals surface area contributed by atoms with Gasteiger partial charge in [0.05, 0.1) is 23.3 Å². The van der Waals surface area contributed by atoms with E-state index in [4.69, 9.17) is 4.42 Å². The van der Waals surface area contributed by atoms with E-state index in [0.29, 0.717) is 61.2 Å². The molecule has 31 heavy (non-hydrogen) atoms. The summed E-state index contributed by atoms with van der Waals surface area (Å²) in [7, 11) is 0. The number of Topliss-reactive ketones (excluding diaryl/α,β-unsaturated/α-hetero) is 1. The van der Waals surface area contributed by atoms with Crippen LogP contribution in [0.15, 0.2) is 34.9 Å². The molecule has 0 unspecified atom stereocenters. The Hall–Kier alpha value is -3.13. The van der Waals surface area contributed by atoms with Crippen LogP contribution in [0.5, 0.6) is 0 Å². The fraction of sp³-hybridized carbons (Fsp3) is 0.435. The third-order valence-corrected chi connectivity index (χ3v) is 6.67. The van der Waals surface area contributed by atoms with E-state index in [9.17, 15) is 19.5 Å². The van der Waals surface area contributed by atoms with E-state index >= 15 is 0 Å². The van der Waals surface area contributed by atoms with Gasteiger partial charge in [0.2, 0.25) is 0 Å². The van der Waals surface area contributed by atoms with Gasteiger partial charge in [0.15, 0.2) is 5.78 Å². The van der Waals surface area contributed by atoms with E-state index in [1.807, 2.05) is 18.2 Å². The Morgan fingerprint density at radius 2 is 1.94 bits per heavy atom. The van der Waals surface area contributed by atoms with Gasteiger partial charge in [-0.2, -0.15) is 0 Å². The topological polar surface area (TPSA) is 103 Å². The van der Waals surface area contributed by atoms with Gasteiger partial charge in [0.25, 0.3) is 11.8 Å². The molecule has 1 aromatic carbocycles. The number of anilines is 1. The van der Waals surface area contributed by atoms with Gasteiger partial charge in [-0.05, 0) is 18.6 Å². The number of nitrogens with zero attached hydrogens (tertiary/aromatic N) is 2. The molecule has 8 nitrogen and oxygen atoms in total. The number of benzene rings is 1. The Balaban J connectivity index is 1.38. The molecule has 2 aromatic rings. The molecular formula is C23H25N3O5.